The number of carbonyl (C=O) groups is 1. The lowest BCUT2D eigenvalue weighted by Crippen LogP contribution is -2.45. The summed E-state index contributed by atoms with van der Waals surface area (Å²) in [5.74, 6) is 0.865. The number of amides is 2. The summed E-state index contributed by atoms with van der Waals surface area (Å²) in [5.41, 5.74) is 0. The highest BCUT2D eigenvalue weighted by Gasteiger charge is 2.25. The van der Waals surface area contributed by atoms with Crippen LogP contribution in [-0.2, 0) is 6.54 Å². The van der Waals surface area contributed by atoms with E-state index in [2.05, 4.69) is 22.3 Å². The molecule has 3 heterocycles. The van der Waals surface area contributed by atoms with E-state index in [1.165, 1.54) is 5.01 Å². The van der Waals surface area contributed by atoms with Gasteiger partial charge in [-0.3, -0.25) is 4.68 Å². The SMILES string of the molecule is C[C@H](CNC(=O)N1CCC(c2nccs2)CC1)Cn1cccn1. The fraction of sp³-hybridized carbons (Fsp3) is 0.562. The predicted octanol–water partition coefficient (Wildman–Crippen LogP) is 2.56. The maximum Gasteiger partial charge on any atom is 0.317 e. The molecule has 23 heavy (non-hydrogen) atoms. The van der Waals surface area contributed by atoms with Gasteiger partial charge in [0.25, 0.3) is 0 Å². The topological polar surface area (TPSA) is 63.1 Å². The molecule has 3 rings (SSSR count). The van der Waals surface area contributed by atoms with Crippen LogP contribution in [0.25, 0.3) is 0 Å². The van der Waals surface area contributed by atoms with Gasteiger partial charge in [-0.1, -0.05) is 6.92 Å². The number of nitrogens with zero attached hydrogens (tertiary/aromatic N) is 4. The Morgan fingerprint density at radius 3 is 2.91 bits per heavy atom. The van der Waals surface area contributed by atoms with Crippen molar-refractivity contribution in [3.05, 3.63) is 35.0 Å². The molecule has 0 aliphatic carbocycles. The summed E-state index contributed by atoms with van der Waals surface area (Å²) in [7, 11) is 0. The smallest absolute Gasteiger partial charge is 0.317 e. The van der Waals surface area contributed by atoms with E-state index < -0.39 is 0 Å². The molecule has 1 aliphatic heterocycles. The fourth-order valence-corrected chi connectivity index (χ4v) is 3.74. The van der Waals surface area contributed by atoms with Gasteiger partial charge in [-0.25, -0.2) is 9.78 Å². The minimum Gasteiger partial charge on any atom is -0.338 e. The minimum atomic E-state index is 0.0508. The van der Waals surface area contributed by atoms with E-state index in [4.69, 9.17) is 0 Å². The van der Waals surface area contributed by atoms with Crippen molar-refractivity contribution in [2.24, 2.45) is 5.92 Å². The molecule has 0 bridgehead atoms. The van der Waals surface area contributed by atoms with E-state index in [1.54, 1.807) is 17.5 Å². The molecular weight excluding hydrogens is 310 g/mol. The zero-order chi connectivity index (χ0) is 16.1. The van der Waals surface area contributed by atoms with Gasteiger partial charge in [-0.2, -0.15) is 5.10 Å². The first-order valence-corrected chi connectivity index (χ1v) is 9.00. The Balaban J connectivity index is 1.39. The number of aromatic nitrogens is 3. The molecule has 1 saturated heterocycles. The first kappa shape index (κ1) is 16.0. The van der Waals surface area contributed by atoms with Gasteiger partial charge in [0.2, 0.25) is 0 Å². The Labute approximate surface area is 140 Å². The number of piperidine rings is 1. The molecule has 6 nitrogen and oxygen atoms in total. The van der Waals surface area contributed by atoms with Gasteiger partial charge in [-0.05, 0) is 24.8 Å². The highest BCUT2D eigenvalue weighted by molar-refractivity contribution is 7.09. The number of thiazole rings is 1. The Morgan fingerprint density at radius 2 is 2.26 bits per heavy atom. The van der Waals surface area contributed by atoms with Crippen molar-refractivity contribution in [3.63, 3.8) is 0 Å². The summed E-state index contributed by atoms with van der Waals surface area (Å²) in [5, 5.41) is 10.5. The number of hydrogen-bond donors (Lipinski definition) is 1. The number of urea groups is 1. The van der Waals surface area contributed by atoms with Crippen molar-refractivity contribution in [3.8, 4) is 0 Å². The van der Waals surface area contributed by atoms with Crippen LogP contribution in [-0.4, -0.2) is 45.3 Å². The van der Waals surface area contributed by atoms with E-state index >= 15 is 0 Å². The van der Waals surface area contributed by atoms with E-state index in [0.717, 1.165) is 32.5 Å². The molecule has 1 N–H and O–H groups in total. The van der Waals surface area contributed by atoms with Gasteiger partial charge in [0.15, 0.2) is 0 Å². The lowest BCUT2D eigenvalue weighted by molar-refractivity contribution is 0.179. The second kappa shape index (κ2) is 7.59. The summed E-state index contributed by atoms with van der Waals surface area (Å²) in [6, 6.07) is 1.97. The monoisotopic (exact) mass is 333 g/mol. The molecule has 7 heteroatoms. The first-order valence-electron chi connectivity index (χ1n) is 8.12. The lowest BCUT2D eigenvalue weighted by Gasteiger charge is -2.31. The van der Waals surface area contributed by atoms with Crippen molar-refractivity contribution in [2.75, 3.05) is 19.6 Å². The number of nitrogens with one attached hydrogen (secondary N) is 1. The van der Waals surface area contributed by atoms with Crippen LogP contribution in [0.3, 0.4) is 0 Å². The maximum absolute atomic E-state index is 12.3. The molecule has 0 spiro atoms. The lowest BCUT2D eigenvalue weighted by atomic mass is 9.98. The number of rotatable bonds is 5. The molecule has 2 aromatic rings. The summed E-state index contributed by atoms with van der Waals surface area (Å²) >= 11 is 1.72. The summed E-state index contributed by atoms with van der Waals surface area (Å²) in [6.07, 6.45) is 7.59. The van der Waals surface area contributed by atoms with Crippen LogP contribution in [0.1, 0.15) is 30.7 Å². The van der Waals surface area contributed by atoms with Gasteiger partial charge in [0.05, 0.1) is 5.01 Å². The third kappa shape index (κ3) is 4.31. The van der Waals surface area contributed by atoms with Crippen LogP contribution in [0, 0.1) is 5.92 Å². The Kier molecular flexibility index (Phi) is 5.27. The van der Waals surface area contributed by atoms with Gasteiger partial charge < -0.3 is 10.2 Å². The van der Waals surface area contributed by atoms with Crippen LogP contribution < -0.4 is 5.32 Å². The quantitative estimate of drug-likeness (QED) is 0.915. The normalized spacial score (nSPS) is 17.2. The molecule has 1 fully saturated rings. The molecule has 2 aromatic heterocycles. The van der Waals surface area contributed by atoms with E-state index in [-0.39, 0.29) is 6.03 Å². The van der Waals surface area contributed by atoms with Crippen LogP contribution in [0.4, 0.5) is 4.79 Å². The van der Waals surface area contributed by atoms with Gasteiger partial charge in [0.1, 0.15) is 0 Å². The van der Waals surface area contributed by atoms with Crippen molar-refractivity contribution in [1.29, 1.82) is 0 Å². The van der Waals surface area contributed by atoms with E-state index in [0.29, 0.717) is 18.4 Å². The Morgan fingerprint density at radius 1 is 1.43 bits per heavy atom. The van der Waals surface area contributed by atoms with E-state index in [9.17, 15) is 4.79 Å². The molecule has 2 amide bonds. The molecule has 0 radical (unpaired) electrons. The molecule has 124 valence electrons. The molecule has 1 atom stereocenters. The first-order chi connectivity index (χ1) is 11.2. The van der Waals surface area contributed by atoms with Gasteiger partial charge in [-0.15, -0.1) is 11.3 Å². The molecule has 1 aliphatic rings. The van der Waals surface area contributed by atoms with Crippen molar-refractivity contribution < 1.29 is 4.79 Å². The second-order valence-electron chi connectivity index (χ2n) is 6.15. The standard InChI is InChI=1S/C16H23N5OS/c1-13(12-21-7-2-5-19-21)11-18-16(22)20-8-3-14(4-9-20)15-17-6-10-23-15/h2,5-7,10,13-14H,3-4,8-9,11-12H2,1H3,(H,18,22)/t13-/m1/s1. The Bertz CT molecular complexity index is 590. The van der Waals surface area contributed by atoms with Crippen LogP contribution in [0.5, 0.6) is 0 Å². The van der Waals surface area contributed by atoms with Gasteiger partial charge >= 0.3 is 6.03 Å². The van der Waals surface area contributed by atoms with Crippen molar-refractivity contribution >= 4 is 17.4 Å². The third-order valence-corrected chi connectivity index (χ3v) is 5.18. The number of likely N-dealkylation sites (tertiary alicyclic amines) is 1. The maximum atomic E-state index is 12.3. The highest BCUT2D eigenvalue weighted by atomic mass is 32.1. The Hall–Kier alpha value is -1.89. The van der Waals surface area contributed by atoms with E-state index in [1.807, 2.05) is 33.4 Å². The zero-order valence-corrected chi connectivity index (χ0v) is 14.2. The molecular formula is C16H23N5OS. The summed E-state index contributed by atoms with van der Waals surface area (Å²) < 4.78 is 1.90. The average Bonchev–Trinajstić information content (AvgIpc) is 3.26. The minimum absolute atomic E-state index is 0.0508. The second-order valence-corrected chi connectivity index (χ2v) is 7.08. The van der Waals surface area contributed by atoms with Crippen LogP contribution in [0.2, 0.25) is 0 Å². The number of hydrogen-bond acceptors (Lipinski definition) is 4. The largest absolute Gasteiger partial charge is 0.338 e. The molecule has 0 unspecified atom stereocenters. The predicted molar refractivity (Wildman–Crippen MR) is 90.5 cm³/mol. The zero-order valence-electron chi connectivity index (χ0n) is 13.4. The van der Waals surface area contributed by atoms with Crippen LogP contribution in [0.15, 0.2) is 30.0 Å². The van der Waals surface area contributed by atoms with Crippen molar-refractivity contribution in [2.45, 2.75) is 32.2 Å². The average molecular weight is 333 g/mol. The highest BCUT2D eigenvalue weighted by Crippen LogP contribution is 2.29. The molecule has 0 aromatic carbocycles. The number of carbonyl (C=O) groups excluding carboxylic acids is 1. The van der Waals surface area contributed by atoms with Crippen LogP contribution >= 0.6 is 11.3 Å². The summed E-state index contributed by atoms with van der Waals surface area (Å²) in [4.78, 5) is 18.6. The third-order valence-electron chi connectivity index (χ3n) is 4.24. The van der Waals surface area contributed by atoms with Crippen molar-refractivity contribution in [1.82, 2.24) is 25.0 Å². The molecule has 0 saturated carbocycles. The van der Waals surface area contributed by atoms with Gasteiger partial charge in [0, 0.05) is 56.1 Å². The fourth-order valence-electron chi connectivity index (χ4n) is 2.93. The summed E-state index contributed by atoms with van der Waals surface area (Å²) in [6.45, 7) is 5.23.